The number of hydrogen-bond acceptors (Lipinski definition) is 3. The van der Waals surface area contributed by atoms with Crippen molar-refractivity contribution in [3.63, 3.8) is 0 Å². The number of ketones is 1. The van der Waals surface area contributed by atoms with E-state index in [0.717, 1.165) is 11.5 Å². The van der Waals surface area contributed by atoms with Gasteiger partial charge in [0.2, 0.25) is 0 Å². The van der Waals surface area contributed by atoms with Gasteiger partial charge in [-0.25, -0.2) is 0 Å². The zero-order chi connectivity index (χ0) is 20.2. The van der Waals surface area contributed by atoms with Crippen LogP contribution in [0.5, 0.6) is 0 Å². The number of rotatable bonds is 7. The van der Waals surface area contributed by atoms with Gasteiger partial charge in [0.1, 0.15) is 0 Å². The molecule has 1 fully saturated rings. The fourth-order valence-corrected chi connectivity index (χ4v) is 5.94. The molecule has 0 N–H and O–H groups in total. The van der Waals surface area contributed by atoms with Gasteiger partial charge in [-0.15, -0.1) is 11.3 Å². The molecule has 3 aromatic rings. The van der Waals surface area contributed by atoms with E-state index in [1.807, 2.05) is 29.5 Å². The average Bonchev–Trinajstić information content (AvgIpc) is 3.39. The molecule has 1 aromatic heterocycles. The summed E-state index contributed by atoms with van der Waals surface area (Å²) in [5.74, 6) is 2.04. The van der Waals surface area contributed by atoms with Crippen LogP contribution in [0.4, 0.5) is 0 Å². The molecule has 1 heterocycles. The van der Waals surface area contributed by atoms with Crippen LogP contribution in [0.2, 0.25) is 0 Å². The van der Waals surface area contributed by atoms with Gasteiger partial charge in [0.25, 0.3) is 0 Å². The normalized spacial score (nSPS) is 19.9. The van der Waals surface area contributed by atoms with Crippen molar-refractivity contribution in [2.45, 2.75) is 57.3 Å². The van der Waals surface area contributed by atoms with Gasteiger partial charge in [0.15, 0.2) is 5.78 Å². The fraction of sp³-hybridized carbons (Fsp3) is 0.385. The van der Waals surface area contributed by atoms with E-state index in [9.17, 15) is 4.79 Å². The van der Waals surface area contributed by atoms with Crippen molar-refractivity contribution in [1.82, 2.24) is 0 Å². The first-order chi connectivity index (χ1) is 14.2. The van der Waals surface area contributed by atoms with E-state index in [4.69, 9.17) is 5.26 Å². The Labute approximate surface area is 177 Å². The number of hydrogen-bond donors (Lipinski definition) is 0. The fourth-order valence-electron chi connectivity index (χ4n) is 4.85. The van der Waals surface area contributed by atoms with E-state index < -0.39 is 0 Å². The molecule has 29 heavy (non-hydrogen) atoms. The highest BCUT2D eigenvalue weighted by Gasteiger charge is 2.28. The predicted octanol–water partition coefficient (Wildman–Crippen LogP) is 7.47. The van der Waals surface area contributed by atoms with E-state index in [1.165, 1.54) is 46.9 Å². The number of thiophene rings is 1. The maximum absolute atomic E-state index is 12.1. The highest BCUT2D eigenvalue weighted by molar-refractivity contribution is 7.17. The number of Topliss-reactive ketones (excluding diaryl/α,β-unsaturated/α-hetero) is 1. The van der Waals surface area contributed by atoms with Gasteiger partial charge in [-0.3, -0.25) is 4.79 Å². The Hall–Kier alpha value is -2.44. The number of nitrogens with zero attached hydrogens (tertiary/aromatic N) is 1. The second-order valence-electron chi connectivity index (χ2n) is 8.40. The number of fused-ring (bicyclic) bond motifs is 1. The van der Waals surface area contributed by atoms with Gasteiger partial charge in [0, 0.05) is 23.1 Å². The lowest BCUT2D eigenvalue weighted by molar-refractivity contribution is 0.0984. The van der Waals surface area contributed by atoms with Gasteiger partial charge >= 0.3 is 0 Å². The van der Waals surface area contributed by atoms with Gasteiger partial charge in [0.05, 0.1) is 6.07 Å². The van der Waals surface area contributed by atoms with Crippen molar-refractivity contribution in [3.8, 4) is 6.07 Å². The molecule has 0 radical (unpaired) electrons. The van der Waals surface area contributed by atoms with Crippen LogP contribution in [-0.4, -0.2) is 5.78 Å². The van der Waals surface area contributed by atoms with Crippen LogP contribution in [0.25, 0.3) is 10.1 Å². The molecule has 3 atom stereocenters. The molecule has 148 valence electrons. The molecule has 0 saturated heterocycles. The lowest BCUT2D eigenvalue weighted by Gasteiger charge is -2.17. The Balaban J connectivity index is 1.36. The van der Waals surface area contributed by atoms with Gasteiger partial charge in [-0.05, 0) is 71.4 Å². The van der Waals surface area contributed by atoms with Crippen molar-refractivity contribution < 1.29 is 4.79 Å². The van der Waals surface area contributed by atoms with E-state index in [-0.39, 0.29) is 5.78 Å². The molecule has 1 aliphatic rings. The van der Waals surface area contributed by atoms with E-state index in [1.54, 1.807) is 0 Å². The Morgan fingerprint density at radius 3 is 2.76 bits per heavy atom. The predicted molar refractivity (Wildman–Crippen MR) is 121 cm³/mol. The second-order valence-corrected chi connectivity index (χ2v) is 9.31. The monoisotopic (exact) mass is 401 g/mol. The van der Waals surface area contributed by atoms with Crippen molar-refractivity contribution in [3.05, 3.63) is 70.6 Å². The first-order valence-electron chi connectivity index (χ1n) is 10.6. The smallest absolute Gasteiger partial charge is 0.163 e. The molecule has 2 aromatic carbocycles. The Morgan fingerprint density at radius 1 is 1.17 bits per heavy atom. The molecule has 2 nitrogen and oxygen atoms in total. The summed E-state index contributed by atoms with van der Waals surface area (Å²) in [7, 11) is 0. The first kappa shape index (κ1) is 19.9. The van der Waals surface area contributed by atoms with Crippen LogP contribution in [0.15, 0.2) is 53.9 Å². The van der Waals surface area contributed by atoms with E-state index in [2.05, 4.69) is 48.7 Å². The standard InChI is InChI=1S/C26H27NOS/c1-18(24-17-29-26-7-3-2-5-23(24)26)15-19-8-9-22(16-19)20-10-12-21(13-11-20)25(28)6-4-14-27/h2-3,5,7,10-13,17-19,22H,4,6,8-9,15-16H2,1H3/t18-,19?,22-/m0/s1. The van der Waals surface area contributed by atoms with Gasteiger partial charge in [-0.1, -0.05) is 49.4 Å². The maximum atomic E-state index is 12.1. The molecule has 0 amide bonds. The van der Waals surface area contributed by atoms with Crippen molar-refractivity contribution in [2.75, 3.05) is 0 Å². The first-order valence-corrected chi connectivity index (χ1v) is 11.5. The third-order valence-electron chi connectivity index (χ3n) is 6.44. The van der Waals surface area contributed by atoms with Crippen molar-refractivity contribution in [1.29, 1.82) is 5.26 Å². The molecule has 1 aliphatic carbocycles. The van der Waals surface area contributed by atoms with Crippen LogP contribution in [0, 0.1) is 17.2 Å². The molecule has 0 spiro atoms. The van der Waals surface area contributed by atoms with Crippen LogP contribution in [-0.2, 0) is 0 Å². The summed E-state index contributed by atoms with van der Waals surface area (Å²) >= 11 is 1.86. The largest absolute Gasteiger partial charge is 0.294 e. The minimum absolute atomic E-state index is 0.0687. The topological polar surface area (TPSA) is 40.9 Å². The number of nitriles is 1. The van der Waals surface area contributed by atoms with Crippen molar-refractivity contribution >= 4 is 27.2 Å². The molecular formula is C26H27NOS. The lowest BCUT2D eigenvalue weighted by atomic mass is 9.87. The number of carbonyl (C=O) groups excluding carboxylic acids is 1. The van der Waals surface area contributed by atoms with Crippen molar-refractivity contribution in [2.24, 2.45) is 5.92 Å². The minimum atomic E-state index is 0.0687. The summed E-state index contributed by atoms with van der Waals surface area (Å²) < 4.78 is 1.39. The Kier molecular flexibility index (Phi) is 6.11. The van der Waals surface area contributed by atoms with Crippen LogP contribution in [0.3, 0.4) is 0 Å². The highest BCUT2D eigenvalue weighted by atomic mass is 32.1. The highest BCUT2D eigenvalue weighted by Crippen LogP contribution is 2.43. The lowest BCUT2D eigenvalue weighted by Crippen LogP contribution is -2.03. The Bertz CT molecular complexity index is 1030. The SMILES string of the molecule is C[C@@H](CC1CC[C@H](c2ccc(C(=O)CCC#N)cc2)C1)c1csc2ccccc12. The van der Waals surface area contributed by atoms with Crippen LogP contribution < -0.4 is 0 Å². The molecular weight excluding hydrogens is 374 g/mol. The number of benzene rings is 2. The molecule has 4 rings (SSSR count). The van der Waals surface area contributed by atoms with Gasteiger partial charge < -0.3 is 0 Å². The quantitative estimate of drug-likeness (QED) is 0.385. The second kappa shape index (κ2) is 8.93. The maximum Gasteiger partial charge on any atom is 0.163 e. The summed E-state index contributed by atoms with van der Waals surface area (Å²) in [6.45, 7) is 2.38. The zero-order valence-electron chi connectivity index (χ0n) is 16.9. The van der Waals surface area contributed by atoms with Crippen LogP contribution in [0.1, 0.15) is 78.8 Å². The summed E-state index contributed by atoms with van der Waals surface area (Å²) in [6, 6.07) is 18.9. The Morgan fingerprint density at radius 2 is 1.97 bits per heavy atom. The zero-order valence-corrected chi connectivity index (χ0v) is 17.8. The van der Waals surface area contributed by atoms with E-state index in [0.29, 0.717) is 24.7 Å². The third kappa shape index (κ3) is 4.43. The van der Waals surface area contributed by atoms with Crippen LogP contribution >= 0.6 is 11.3 Å². The summed E-state index contributed by atoms with van der Waals surface area (Å²) in [5, 5.41) is 12.4. The number of carbonyl (C=O) groups is 1. The van der Waals surface area contributed by atoms with Gasteiger partial charge in [-0.2, -0.15) is 5.26 Å². The summed E-state index contributed by atoms with van der Waals surface area (Å²) in [4.78, 5) is 12.1. The summed E-state index contributed by atoms with van der Waals surface area (Å²) in [5.41, 5.74) is 3.60. The summed E-state index contributed by atoms with van der Waals surface area (Å²) in [6.07, 6.45) is 5.64. The minimum Gasteiger partial charge on any atom is -0.294 e. The average molecular weight is 402 g/mol. The molecule has 3 heteroatoms. The van der Waals surface area contributed by atoms with E-state index >= 15 is 0 Å². The molecule has 1 unspecified atom stereocenters. The molecule has 1 saturated carbocycles. The molecule has 0 aliphatic heterocycles. The third-order valence-corrected chi connectivity index (χ3v) is 7.42. The molecule has 0 bridgehead atoms.